The van der Waals surface area contributed by atoms with Crippen LogP contribution in [0.2, 0.25) is 10.2 Å². The molecule has 9 heteroatoms. The number of nitrogens with zero attached hydrogens (tertiary/aromatic N) is 1. The smallest absolute Gasteiger partial charge is 0.274 e. The van der Waals surface area contributed by atoms with Crippen LogP contribution < -0.4 is 10.0 Å². The Labute approximate surface area is 131 Å². The number of anilines is 1. The second-order valence-corrected chi connectivity index (χ2v) is 6.59. The van der Waals surface area contributed by atoms with E-state index in [9.17, 15) is 13.2 Å². The number of hydrogen-bond donors (Lipinski definition) is 2. The first kappa shape index (κ1) is 15.8. The minimum Gasteiger partial charge on any atom is -0.340 e. The van der Waals surface area contributed by atoms with Gasteiger partial charge in [0, 0.05) is 12.7 Å². The summed E-state index contributed by atoms with van der Waals surface area (Å²) in [5.41, 5.74) is 0.720. The Morgan fingerprint density at radius 1 is 1.24 bits per heavy atom. The van der Waals surface area contributed by atoms with E-state index in [0.29, 0.717) is 5.69 Å². The lowest BCUT2D eigenvalue weighted by Crippen LogP contribution is -2.26. The van der Waals surface area contributed by atoms with Gasteiger partial charge in [0.25, 0.3) is 5.91 Å². The lowest BCUT2D eigenvalue weighted by Gasteiger charge is -2.16. The average molecular weight is 348 g/mol. The maximum absolute atomic E-state index is 12.2. The highest BCUT2D eigenvalue weighted by atomic mass is 35.5. The maximum Gasteiger partial charge on any atom is 0.274 e. The first-order valence-electron chi connectivity index (χ1n) is 5.65. The molecule has 2 aromatic rings. The van der Waals surface area contributed by atoms with E-state index < -0.39 is 10.0 Å². The van der Waals surface area contributed by atoms with Crippen molar-refractivity contribution in [2.75, 3.05) is 11.9 Å². The first-order valence-corrected chi connectivity index (χ1v) is 7.95. The number of sulfonamides is 1. The molecule has 0 bridgehead atoms. The molecule has 0 aliphatic heterocycles. The van der Waals surface area contributed by atoms with Gasteiger partial charge in [-0.25, -0.2) is 13.6 Å². The van der Waals surface area contributed by atoms with Crippen molar-refractivity contribution in [2.24, 2.45) is 5.14 Å². The summed E-state index contributed by atoms with van der Waals surface area (Å²) in [7, 11) is -2.23. The van der Waals surface area contributed by atoms with Crippen molar-refractivity contribution in [2.45, 2.75) is 4.90 Å². The molecule has 0 aliphatic carbocycles. The number of primary sulfonamides is 1. The number of aromatic nitrogens is 1. The summed E-state index contributed by atoms with van der Waals surface area (Å²) >= 11 is 11.5. The Balaban J connectivity index is 2.27. The molecule has 1 heterocycles. The molecule has 1 aromatic heterocycles. The van der Waals surface area contributed by atoms with E-state index in [-0.39, 0.29) is 26.7 Å². The standard InChI is InChI=1S/C12H11Cl2N3O3S/c1-17(12(18)10-6-9(13)11(14)16-10)7-2-4-8(5-3-7)21(15,19)20/h2-6,16H,1H3,(H2,15,19,20). The van der Waals surface area contributed by atoms with Gasteiger partial charge in [-0.05, 0) is 30.3 Å². The van der Waals surface area contributed by atoms with Crippen molar-refractivity contribution in [3.8, 4) is 0 Å². The van der Waals surface area contributed by atoms with E-state index in [2.05, 4.69) is 4.98 Å². The van der Waals surface area contributed by atoms with Crippen molar-refractivity contribution in [1.29, 1.82) is 0 Å². The molecule has 21 heavy (non-hydrogen) atoms. The first-order chi connectivity index (χ1) is 9.70. The van der Waals surface area contributed by atoms with Crippen molar-refractivity contribution < 1.29 is 13.2 Å². The number of amides is 1. The van der Waals surface area contributed by atoms with Crippen LogP contribution in [0.4, 0.5) is 5.69 Å². The number of aromatic amines is 1. The van der Waals surface area contributed by atoms with Crippen LogP contribution >= 0.6 is 23.2 Å². The van der Waals surface area contributed by atoms with Crippen LogP contribution in [0.3, 0.4) is 0 Å². The monoisotopic (exact) mass is 347 g/mol. The van der Waals surface area contributed by atoms with E-state index in [1.165, 1.54) is 42.3 Å². The lowest BCUT2D eigenvalue weighted by atomic mass is 10.3. The molecule has 6 nitrogen and oxygen atoms in total. The lowest BCUT2D eigenvalue weighted by molar-refractivity contribution is 0.0989. The van der Waals surface area contributed by atoms with Crippen LogP contribution in [0.15, 0.2) is 35.2 Å². The summed E-state index contributed by atoms with van der Waals surface area (Å²) in [6.45, 7) is 0. The number of carbonyl (C=O) groups excluding carboxylic acids is 1. The molecule has 0 unspecified atom stereocenters. The Hall–Kier alpha value is -1.54. The Morgan fingerprint density at radius 3 is 2.24 bits per heavy atom. The third kappa shape index (κ3) is 3.38. The molecule has 0 atom stereocenters. The molecular weight excluding hydrogens is 337 g/mol. The Kier molecular flexibility index (Phi) is 4.29. The number of carbonyl (C=O) groups is 1. The molecule has 0 saturated carbocycles. The molecule has 0 fully saturated rings. The van der Waals surface area contributed by atoms with Gasteiger partial charge in [0.05, 0.1) is 9.92 Å². The number of benzene rings is 1. The predicted molar refractivity (Wildman–Crippen MR) is 81.4 cm³/mol. The molecule has 1 aromatic carbocycles. The van der Waals surface area contributed by atoms with Crippen molar-refractivity contribution in [3.05, 3.63) is 46.2 Å². The van der Waals surface area contributed by atoms with Crippen LogP contribution in [0.1, 0.15) is 10.5 Å². The van der Waals surface area contributed by atoms with Gasteiger partial charge in [-0.15, -0.1) is 0 Å². The topological polar surface area (TPSA) is 96.3 Å². The predicted octanol–water partition coefficient (Wildman–Crippen LogP) is 2.25. The summed E-state index contributed by atoms with van der Waals surface area (Å²) in [5.74, 6) is -0.368. The van der Waals surface area contributed by atoms with E-state index in [0.717, 1.165) is 0 Å². The van der Waals surface area contributed by atoms with Gasteiger partial charge in [-0.2, -0.15) is 0 Å². The fraction of sp³-hybridized carbons (Fsp3) is 0.0833. The number of rotatable bonds is 3. The second kappa shape index (κ2) is 5.69. The zero-order valence-electron chi connectivity index (χ0n) is 10.8. The van der Waals surface area contributed by atoms with Gasteiger partial charge in [0.2, 0.25) is 10.0 Å². The van der Waals surface area contributed by atoms with Crippen molar-refractivity contribution in [1.82, 2.24) is 4.98 Å². The van der Waals surface area contributed by atoms with Gasteiger partial charge in [0.1, 0.15) is 10.8 Å². The fourth-order valence-corrected chi connectivity index (χ4v) is 2.50. The molecule has 0 radical (unpaired) electrons. The summed E-state index contributed by atoms with van der Waals surface area (Å²) in [5, 5.41) is 5.44. The normalized spacial score (nSPS) is 11.4. The van der Waals surface area contributed by atoms with Gasteiger partial charge in [0.15, 0.2) is 0 Å². The summed E-state index contributed by atoms with van der Waals surface area (Å²) < 4.78 is 22.3. The molecule has 2 rings (SSSR count). The van der Waals surface area contributed by atoms with Gasteiger partial charge < -0.3 is 9.88 Å². The third-order valence-electron chi connectivity index (χ3n) is 2.81. The average Bonchev–Trinajstić information content (AvgIpc) is 2.76. The molecule has 0 spiro atoms. The van der Waals surface area contributed by atoms with Crippen molar-refractivity contribution in [3.63, 3.8) is 0 Å². The highest BCUT2D eigenvalue weighted by Gasteiger charge is 2.18. The van der Waals surface area contributed by atoms with Crippen LogP contribution in [0.5, 0.6) is 0 Å². The quantitative estimate of drug-likeness (QED) is 0.890. The van der Waals surface area contributed by atoms with E-state index in [1.807, 2.05) is 0 Å². The van der Waals surface area contributed by atoms with Crippen LogP contribution in [-0.2, 0) is 10.0 Å². The van der Waals surface area contributed by atoms with Gasteiger partial charge in [-0.3, -0.25) is 4.79 Å². The van der Waals surface area contributed by atoms with E-state index in [1.54, 1.807) is 0 Å². The number of hydrogen-bond acceptors (Lipinski definition) is 3. The molecule has 0 aliphatic rings. The van der Waals surface area contributed by atoms with Crippen LogP contribution in [0.25, 0.3) is 0 Å². The zero-order valence-corrected chi connectivity index (χ0v) is 13.1. The highest BCUT2D eigenvalue weighted by Crippen LogP contribution is 2.24. The van der Waals surface area contributed by atoms with E-state index in [4.69, 9.17) is 28.3 Å². The molecule has 0 saturated heterocycles. The second-order valence-electron chi connectivity index (χ2n) is 4.25. The van der Waals surface area contributed by atoms with Crippen LogP contribution in [0, 0.1) is 0 Å². The molecular formula is C12H11Cl2N3O3S. The Bertz CT molecular complexity index is 765. The highest BCUT2D eigenvalue weighted by molar-refractivity contribution is 7.89. The van der Waals surface area contributed by atoms with Crippen LogP contribution in [-0.4, -0.2) is 26.4 Å². The largest absolute Gasteiger partial charge is 0.340 e. The number of halogens is 2. The number of nitrogens with one attached hydrogen (secondary N) is 1. The summed E-state index contributed by atoms with van der Waals surface area (Å²) in [6, 6.07) is 7.02. The number of nitrogens with two attached hydrogens (primary N) is 1. The fourth-order valence-electron chi connectivity index (χ4n) is 1.68. The Morgan fingerprint density at radius 2 is 1.81 bits per heavy atom. The minimum absolute atomic E-state index is 0.0296. The van der Waals surface area contributed by atoms with Gasteiger partial charge in [-0.1, -0.05) is 23.2 Å². The van der Waals surface area contributed by atoms with E-state index >= 15 is 0 Å². The maximum atomic E-state index is 12.2. The summed E-state index contributed by atoms with van der Waals surface area (Å²) in [6.07, 6.45) is 0. The van der Waals surface area contributed by atoms with Crippen molar-refractivity contribution >= 4 is 44.8 Å². The zero-order chi connectivity index (χ0) is 15.8. The summed E-state index contributed by atoms with van der Waals surface area (Å²) in [4.78, 5) is 16.2. The number of H-pyrrole nitrogens is 1. The SMILES string of the molecule is CN(C(=O)c1cc(Cl)c(Cl)[nH]1)c1ccc(S(N)(=O)=O)cc1. The molecule has 112 valence electrons. The molecule has 3 N–H and O–H groups in total. The minimum atomic E-state index is -3.76. The third-order valence-corrected chi connectivity index (χ3v) is 4.43. The van der Waals surface area contributed by atoms with Gasteiger partial charge >= 0.3 is 0 Å². The molecule has 1 amide bonds.